The Labute approximate surface area is 86.7 Å². The molecule has 0 bridgehead atoms. The molecule has 0 saturated heterocycles. The normalized spacial score (nSPS) is 20.2. The van der Waals surface area contributed by atoms with Gasteiger partial charge in [-0.2, -0.15) is 9.78 Å². The van der Waals surface area contributed by atoms with E-state index in [1.54, 1.807) is 6.20 Å². The number of hydrogen-bond donors (Lipinski definition) is 2. The topological polar surface area (TPSA) is 71.4 Å². The lowest BCUT2D eigenvalue weighted by molar-refractivity contribution is 0.498. The summed E-state index contributed by atoms with van der Waals surface area (Å²) in [5, 5.41) is 18.4. The van der Waals surface area contributed by atoms with Crippen molar-refractivity contribution < 1.29 is 0 Å². The third-order valence-electron chi connectivity index (χ3n) is 2.68. The first kappa shape index (κ1) is 8.60. The van der Waals surface area contributed by atoms with E-state index in [1.807, 2.05) is 10.7 Å². The summed E-state index contributed by atoms with van der Waals surface area (Å²) < 4.78 is 1.83. The van der Waals surface area contributed by atoms with Crippen molar-refractivity contribution in [1.29, 1.82) is 0 Å². The molecule has 0 fully saturated rings. The Hall–Kier alpha value is -1.69. The van der Waals surface area contributed by atoms with Gasteiger partial charge in [-0.25, -0.2) is 0 Å². The van der Waals surface area contributed by atoms with Crippen molar-refractivity contribution in [2.24, 2.45) is 0 Å². The second-order valence-corrected chi connectivity index (χ2v) is 3.82. The van der Waals surface area contributed by atoms with Crippen LogP contribution in [0.1, 0.15) is 18.3 Å². The fraction of sp³-hybridized carbons (Fsp3) is 0.444. The zero-order valence-corrected chi connectivity index (χ0v) is 8.44. The molecule has 6 nitrogen and oxygen atoms in total. The highest BCUT2D eigenvalue weighted by atomic mass is 15.5. The molecule has 1 atom stereocenters. The summed E-state index contributed by atoms with van der Waals surface area (Å²) in [6.07, 6.45) is 2.66. The van der Waals surface area contributed by atoms with Crippen molar-refractivity contribution in [2.45, 2.75) is 25.9 Å². The minimum absolute atomic E-state index is 0.470. The SMILES string of the molecule is CC1Cc2c(nnn2-c2ccn[nH]2)CN1. The Bertz CT molecular complexity index is 457. The summed E-state index contributed by atoms with van der Waals surface area (Å²) in [5.74, 6) is 0.873. The van der Waals surface area contributed by atoms with Gasteiger partial charge in [0.25, 0.3) is 0 Å². The van der Waals surface area contributed by atoms with Crippen LogP contribution in [-0.2, 0) is 13.0 Å². The molecule has 0 radical (unpaired) electrons. The number of aromatic amines is 1. The van der Waals surface area contributed by atoms with E-state index in [-0.39, 0.29) is 0 Å². The molecule has 3 rings (SSSR count). The van der Waals surface area contributed by atoms with Gasteiger partial charge in [-0.1, -0.05) is 5.21 Å². The van der Waals surface area contributed by atoms with Gasteiger partial charge in [-0.05, 0) is 6.92 Å². The van der Waals surface area contributed by atoms with E-state index in [4.69, 9.17) is 0 Å². The molecule has 15 heavy (non-hydrogen) atoms. The average molecular weight is 204 g/mol. The minimum atomic E-state index is 0.470. The molecule has 0 spiro atoms. The molecular formula is C9H12N6. The van der Waals surface area contributed by atoms with Crippen LogP contribution in [0.2, 0.25) is 0 Å². The third-order valence-corrected chi connectivity index (χ3v) is 2.68. The monoisotopic (exact) mass is 204 g/mol. The van der Waals surface area contributed by atoms with E-state index in [9.17, 15) is 0 Å². The largest absolute Gasteiger partial charge is 0.308 e. The fourth-order valence-electron chi connectivity index (χ4n) is 1.87. The lowest BCUT2D eigenvalue weighted by Crippen LogP contribution is -2.33. The van der Waals surface area contributed by atoms with Gasteiger partial charge in [0.15, 0.2) is 5.82 Å². The molecule has 2 aromatic rings. The Morgan fingerprint density at radius 2 is 2.47 bits per heavy atom. The van der Waals surface area contributed by atoms with Gasteiger partial charge in [0, 0.05) is 25.1 Å². The maximum Gasteiger partial charge on any atom is 0.151 e. The zero-order chi connectivity index (χ0) is 10.3. The zero-order valence-electron chi connectivity index (χ0n) is 8.44. The molecule has 78 valence electrons. The highest BCUT2D eigenvalue weighted by molar-refractivity contribution is 5.26. The molecule has 0 amide bonds. The molecule has 1 aliphatic rings. The average Bonchev–Trinajstić information content (AvgIpc) is 2.83. The van der Waals surface area contributed by atoms with Gasteiger partial charge >= 0.3 is 0 Å². The number of nitrogens with zero attached hydrogens (tertiary/aromatic N) is 4. The molecule has 1 unspecified atom stereocenters. The number of fused-ring (bicyclic) bond motifs is 1. The number of nitrogens with one attached hydrogen (secondary N) is 2. The van der Waals surface area contributed by atoms with Crippen molar-refractivity contribution in [1.82, 2.24) is 30.5 Å². The quantitative estimate of drug-likeness (QED) is 0.687. The summed E-state index contributed by atoms with van der Waals surface area (Å²) in [4.78, 5) is 0. The molecule has 2 aromatic heterocycles. The number of hydrogen-bond acceptors (Lipinski definition) is 4. The van der Waals surface area contributed by atoms with Crippen molar-refractivity contribution in [2.75, 3.05) is 0 Å². The van der Waals surface area contributed by atoms with Crippen molar-refractivity contribution in [3.8, 4) is 5.82 Å². The highest BCUT2D eigenvalue weighted by Gasteiger charge is 2.21. The first-order valence-electron chi connectivity index (χ1n) is 5.01. The molecule has 0 saturated carbocycles. The highest BCUT2D eigenvalue weighted by Crippen LogP contribution is 2.16. The third kappa shape index (κ3) is 1.33. The summed E-state index contributed by atoms with van der Waals surface area (Å²) in [6.45, 7) is 2.96. The van der Waals surface area contributed by atoms with Gasteiger partial charge in [0.2, 0.25) is 0 Å². The van der Waals surface area contributed by atoms with Crippen LogP contribution in [0.3, 0.4) is 0 Å². The molecule has 2 N–H and O–H groups in total. The standard InChI is InChI=1S/C9H12N6/c1-6-4-8-7(5-10-6)12-14-15(8)9-2-3-11-13-9/h2-3,6,10H,4-5H2,1H3,(H,11,13). The van der Waals surface area contributed by atoms with Crippen LogP contribution in [-0.4, -0.2) is 31.2 Å². The molecule has 3 heterocycles. The van der Waals surface area contributed by atoms with Crippen LogP contribution >= 0.6 is 0 Å². The smallest absolute Gasteiger partial charge is 0.151 e. The van der Waals surface area contributed by atoms with Crippen molar-refractivity contribution >= 4 is 0 Å². The molecule has 1 aliphatic heterocycles. The molecule has 0 aliphatic carbocycles. The predicted molar refractivity (Wildman–Crippen MR) is 53.5 cm³/mol. The summed E-state index contributed by atoms with van der Waals surface area (Å²) in [5.41, 5.74) is 2.20. The maximum absolute atomic E-state index is 4.15. The summed E-state index contributed by atoms with van der Waals surface area (Å²) in [6, 6.07) is 2.36. The van der Waals surface area contributed by atoms with Crippen molar-refractivity contribution in [3.63, 3.8) is 0 Å². The molecular weight excluding hydrogens is 192 g/mol. The second-order valence-electron chi connectivity index (χ2n) is 3.82. The summed E-state index contributed by atoms with van der Waals surface area (Å²) in [7, 11) is 0. The van der Waals surface area contributed by atoms with Gasteiger partial charge in [0.1, 0.15) is 5.69 Å². The van der Waals surface area contributed by atoms with Gasteiger partial charge in [-0.3, -0.25) is 5.10 Å². The molecule has 6 heteroatoms. The number of rotatable bonds is 1. The first-order chi connectivity index (χ1) is 7.34. The predicted octanol–water partition coefficient (Wildman–Crippen LogP) is 0.0246. The Morgan fingerprint density at radius 1 is 1.53 bits per heavy atom. The molecule has 0 aromatic carbocycles. The van der Waals surface area contributed by atoms with Crippen LogP contribution in [0.4, 0.5) is 0 Å². The lowest BCUT2D eigenvalue weighted by atomic mass is 10.1. The van der Waals surface area contributed by atoms with Crippen molar-refractivity contribution in [3.05, 3.63) is 23.7 Å². The number of aromatic nitrogens is 5. The van der Waals surface area contributed by atoms with Gasteiger partial charge in [0.05, 0.1) is 11.9 Å². The van der Waals surface area contributed by atoms with E-state index in [0.29, 0.717) is 6.04 Å². The van der Waals surface area contributed by atoms with E-state index in [0.717, 1.165) is 24.5 Å². The van der Waals surface area contributed by atoms with Crippen LogP contribution in [0.25, 0.3) is 5.82 Å². The van der Waals surface area contributed by atoms with Gasteiger partial charge < -0.3 is 5.32 Å². The minimum Gasteiger partial charge on any atom is -0.308 e. The van der Waals surface area contributed by atoms with Crippen LogP contribution in [0.5, 0.6) is 0 Å². The van der Waals surface area contributed by atoms with Crippen LogP contribution in [0, 0.1) is 0 Å². The Kier molecular flexibility index (Phi) is 1.81. The lowest BCUT2D eigenvalue weighted by Gasteiger charge is -2.19. The van der Waals surface area contributed by atoms with E-state index in [1.165, 1.54) is 5.69 Å². The van der Waals surface area contributed by atoms with E-state index >= 15 is 0 Å². The van der Waals surface area contributed by atoms with Gasteiger partial charge in [-0.15, -0.1) is 5.10 Å². The van der Waals surface area contributed by atoms with E-state index in [2.05, 4.69) is 32.7 Å². The summed E-state index contributed by atoms with van der Waals surface area (Å²) >= 11 is 0. The first-order valence-corrected chi connectivity index (χ1v) is 5.01. The van der Waals surface area contributed by atoms with Crippen LogP contribution < -0.4 is 5.32 Å². The van der Waals surface area contributed by atoms with Crippen LogP contribution in [0.15, 0.2) is 12.3 Å². The Balaban J connectivity index is 2.07. The maximum atomic E-state index is 4.15. The number of H-pyrrole nitrogens is 1. The Morgan fingerprint density at radius 3 is 3.27 bits per heavy atom. The van der Waals surface area contributed by atoms with E-state index < -0.39 is 0 Å². The second kappa shape index (κ2) is 3.16. The fourth-order valence-corrected chi connectivity index (χ4v) is 1.87.